The molecule has 0 spiro atoms. The van der Waals surface area contributed by atoms with Crippen LogP contribution in [-0.2, 0) is 16.2 Å². The van der Waals surface area contributed by atoms with Crippen molar-refractivity contribution in [3.63, 3.8) is 0 Å². The fourth-order valence-electron chi connectivity index (χ4n) is 4.30. The van der Waals surface area contributed by atoms with Crippen LogP contribution in [0.1, 0.15) is 16.7 Å². The second-order valence-corrected chi connectivity index (χ2v) is 11.0. The summed E-state index contributed by atoms with van der Waals surface area (Å²) in [6.07, 6.45) is 1.60. The molecule has 0 saturated carbocycles. The standard InChI is InChI=1S/C31H25BrN2O5S/c1-19-10-12-23(13-11-19)33-28(35)17-34-30(36)27(40-31(34)37)16-20-14-25(32)29(26(15-20)38-2)39-18-22-8-5-7-21-6-3-4-9-24(21)22/h3-16H,17-18H2,1-2H3,(H,33,35)/b27-16+. The molecule has 1 aliphatic heterocycles. The number of benzene rings is 4. The molecule has 1 N–H and O–H groups in total. The van der Waals surface area contributed by atoms with Crippen molar-refractivity contribution in [2.45, 2.75) is 13.5 Å². The Bertz CT molecular complexity index is 1650. The summed E-state index contributed by atoms with van der Waals surface area (Å²) < 4.78 is 12.4. The Morgan fingerprint density at radius 1 is 1.02 bits per heavy atom. The molecule has 9 heteroatoms. The van der Waals surface area contributed by atoms with Crippen LogP contribution in [-0.4, -0.2) is 35.6 Å². The second-order valence-electron chi connectivity index (χ2n) is 9.14. The van der Waals surface area contributed by atoms with Crippen LogP contribution in [0.15, 0.2) is 88.2 Å². The van der Waals surface area contributed by atoms with Crippen molar-refractivity contribution < 1.29 is 23.9 Å². The molecule has 0 aromatic heterocycles. The van der Waals surface area contributed by atoms with Gasteiger partial charge in [0.15, 0.2) is 11.5 Å². The molecule has 0 radical (unpaired) electrons. The van der Waals surface area contributed by atoms with Gasteiger partial charge >= 0.3 is 0 Å². The maximum Gasteiger partial charge on any atom is 0.294 e. The van der Waals surface area contributed by atoms with Crippen LogP contribution in [0.25, 0.3) is 16.8 Å². The van der Waals surface area contributed by atoms with Gasteiger partial charge in [-0.2, -0.15) is 0 Å². The topological polar surface area (TPSA) is 84.9 Å². The maximum absolute atomic E-state index is 13.0. The van der Waals surface area contributed by atoms with Gasteiger partial charge in [-0.1, -0.05) is 60.2 Å². The van der Waals surface area contributed by atoms with E-state index in [1.54, 1.807) is 30.3 Å². The summed E-state index contributed by atoms with van der Waals surface area (Å²) in [5.41, 5.74) is 3.33. The van der Waals surface area contributed by atoms with Gasteiger partial charge in [0, 0.05) is 5.69 Å². The van der Waals surface area contributed by atoms with E-state index in [1.807, 2.05) is 43.3 Å². The Labute approximate surface area is 244 Å². The van der Waals surface area contributed by atoms with Crippen LogP contribution in [0.2, 0.25) is 0 Å². The summed E-state index contributed by atoms with van der Waals surface area (Å²) in [5.74, 6) is 0.0102. The number of anilines is 1. The third kappa shape index (κ3) is 6.05. The van der Waals surface area contributed by atoms with Gasteiger partial charge < -0.3 is 14.8 Å². The van der Waals surface area contributed by atoms with Gasteiger partial charge in [-0.15, -0.1) is 0 Å². The van der Waals surface area contributed by atoms with Crippen LogP contribution in [0.5, 0.6) is 11.5 Å². The zero-order valence-electron chi connectivity index (χ0n) is 21.8. The first kappa shape index (κ1) is 27.5. The number of aryl methyl sites for hydroxylation is 1. The summed E-state index contributed by atoms with van der Waals surface area (Å²) in [7, 11) is 1.54. The fourth-order valence-corrected chi connectivity index (χ4v) is 5.71. The van der Waals surface area contributed by atoms with E-state index in [9.17, 15) is 14.4 Å². The molecule has 1 aliphatic rings. The first-order valence-corrected chi connectivity index (χ1v) is 14.0. The number of fused-ring (bicyclic) bond motifs is 1. The second kappa shape index (κ2) is 12.0. The number of thioether (sulfide) groups is 1. The molecule has 0 atom stereocenters. The van der Waals surface area contributed by atoms with E-state index in [4.69, 9.17) is 9.47 Å². The molecule has 4 aromatic rings. The summed E-state index contributed by atoms with van der Waals surface area (Å²) in [6, 6.07) is 25.0. The van der Waals surface area contributed by atoms with Crippen molar-refractivity contribution in [3.05, 3.63) is 105 Å². The number of rotatable bonds is 8. The molecule has 0 unspecified atom stereocenters. The van der Waals surface area contributed by atoms with Gasteiger partial charge in [0.1, 0.15) is 13.2 Å². The van der Waals surface area contributed by atoms with Gasteiger partial charge in [0.2, 0.25) is 5.91 Å². The third-order valence-corrected chi connectivity index (χ3v) is 7.81. The van der Waals surface area contributed by atoms with Crippen molar-refractivity contribution in [2.75, 3.05) is 19.0 Å². The van der Waals surface area contributed by atoms with Crippen LogP contribution < -0.4 is 14.8 Å². The molecule has 1 saturated heterocycles. The number of hydrogen-bond donors (Lipinski definition) is 1. The van der Waals surface area contributed by atoms with Crippen LogP contribution in [0, 0.1) is 6.92 Å². The van der Waals surface area contributed by atoms with E-state index in [-0.39, 0.29) is 11.4 Å². The average molecular weight is 618 g/mol. The first-order valence-electron chi connectivity index (χ1n) is 12.4. The molecule has 3 amide bonds. The smallest absolute Gasteiger partial charge is 0.294 e. The summed E-state index contributed by atoms with van der Waals surface area (Å²) >= 11 is 4.35. The SMILES string of the molecule is COc1cc(/C=C2/SC(=O)N(CC(=O)Nc3ccc(C)cc3)C2=O)cc(Br)c1OCc1cccc2ccccc12. The van der Waals surface area contributed by atoms with Gasteiger partial charge in [0.25, 0.3) is 11.1 Å². The molecular weight excluding hydrogens is 592 g/mol. The number of imide groups is 1. The van der Waals surface area contributed by atoms with Crippen LogP contribution in [0.4, 0.5) is 10.5 Å². The minimum absolute atomic E-state index is 0.214. The summed E-state index contributed by atoms with van der Waals surface area (Å²) in [4.78, 5) is 39.2. The largest absolute Gasteiger partial charge is 0.493 e. The molecular formula is C31H25BrN2O5S. The quantitative estimate of drug-likeness (QED) is 0.211. The van der Waals surface area contributed by atoms with E-state index >= 15 is 0 Å². The van der Waals surface area contributed by atoms with Crippen molar-refractivity contribution in [2.24, 2.45) is 0 Å². The van der Waals surface area contributed by atoms with Crippen molar-refractivity contribution in [3.8, 4) is 11.5 Å². The lowest BCUT2D eigenvalue weighted by Crippen LogP contribution is -2.36. The number of amides is 3. The maximum atomic E-state index is 13.0. The Morgan fingerprint density at radius 2 is 1.77 bits per heavy atom. The zero-order chi connectivity index (χ0) is 28.2. The Morgan fingerprint density at radius 3 is 2.55 bits per heavy atom. The van der Waals surface area contributed by atoms with Crippen molar-refractivity contribution in [1.29, 1.82) is 0 Å². The van der Waals surface area contributed by atoms with Gasteiger partial charge in [-0.3, -0.25) is 19.3 Å². The highest BCUT2D eigenvalue weighted by molar-refractivity contribution is 9.10. The van der Waals surface area contributed by atoms with E-state index in [0.717, 1.165) is 38.6 Å². The van der Waals surface area contributed by atoms with Crippen LogP contribution in [0.3, 0.4) is 0 Å². The van der Waals surface area contributed by atoms with E-state index in [2.05, 4.69) is 39.4 Å². The van der Waals surface area contributed by atoms with E-state index < -0.39 is 17.1 Å². The number of halogens is 1. The first-order chi connectivity index (χ1) is 19.3. The minimum Gasteiger partial charge on any atom is -0.493 e. The summed E-state index contributed by atoms with van der Waals surface area (Å²) in [5, 5.41) is 4.45. The highest BCUT2D eigenvalue weighted by Gasteiger charge is 2.36. The predicted octanol–water partition coefficient (Wildman–Crippen LogP) is 7.17. The van der Waals surface area contributed by atoms with Crippen molar-refractivity contribution >= 4 is 67.3 Å². The molecule has 0 aliphatic carbocycles. The molecule has 5 rings (SSSR count). The highest BCUT2D eigenvalue weighted by Crippen LogP contribution is 2.39. The number of methoxy groups -OCH3 is 1. The number of ether oxygens (including phenoxy) is 2. The Kier molecular flexibility index (Phi) is 8.23. The molecule has 1 heterocycles. The van der Waals surface area contributed by atoms with Gasteiger partial charge in [0.05, 0.1) is 16.5 Å². The molecule has 7 nitrogen and oxygen atoms in total. The predicted molar refractivity (Wildman–Crippen MR) is 161 cm³/mol. The number of hydrogen-bond acceptors (Lipinski definition) is 6. The number of nitrogens with one attached hydrogen (secondary N) is 1. The highest BCUT2D eigenvalue weighted by atomic mass is 79.9. The van der Waals surface area contributed by atoms with E-state index in [0.29, 0.717) is 33.8 Å². The molecule has 202 valence electrons. The lowest BCUT2D eigenvalue weighted by molar-refractivity contribution is -0.127. The number of carbonyl (C=O) groups excluding carboxylic acids is 3. The third-order valence-electron chi connectivity index (χ3n) is 6.31. The van der Waals surface area contributed by atoms with Gasteiger partial charge in [-0.05, 0) is 86.9 Å². The van der Waals surface area contributed by atoms with Crippen LogP contribution >= 0.6 is 27.7 Å². The number of carbonyl (C=O) groups is 3. The van der Waals surface area contributed by atoms with Crippen molar-refractivity contribution in [1.82, 2.24) is 4.90 Å². The van der Waals surface area contributed by atoms with Gasteiger partial charge in [-0.25, -0.2) is 0 Å². The molecule has 1 fully saturated rings. The Balaban J connectivity index is 1.30. The minimum atomic E-state index is -0.527. The molecule has 4 aromatic carbocycles. The zero-order valence-corrected chi connectivity index (χ0v) is 24.2. The number of nitrogens with zero attached hydrogens (tertiary/aromatic N) is 1. The normalized spacial score (nSPS) is 14.2. The summed E-state index contributed by atoms with van der Waals surface area (Å²) in [6.45, 7) is 1.91. The lowest BCUT2D eigenvalue weighted by Gasteiger charge is -2.15. The molecule has 0 bridgehead atoms. The molecule has 40 heavy (non-hydrogen) atoms. The monoisotopic (exact) mass is 616 g/mol. The average Bonchev–Trinajstić information content (AvgIpc) is 3.20. The Hall–Kier alpha value is -4.08. The van der Waals surface area contributed by atoms with E-state index in [1.165, 1.54) is 7.11 Å². The lowest BCUT2D eigenvalue weighted by atomic mass is 10.1. The fraction of sp³-hybridized carbons (Fsp3) is 0.129.